The first-order valence-electron chi connectivity index (χ1n) is 12.5. The quantitative estimate of drug-likeness (QED) is 0.122. The number of aromatic nitrogens is 2. The first kappa shape index (κ1) is 29.5. The third-order valence-corrected chi connectivity index (χ3v) is 7.03. The Hall–Kier alpha value is -3.75. The number of nitrogen functional groups attached to an aromatic ring is 2. The van der Waals surface area contributed by atoms with Gasteiger partial charge in [-0.3, -0.25) is 9.48 Å². The van der Waals surface area contributed by atoms with E-state index in [-0.39, 0.29) is 57.6 Å². The van der Waals surface area contributed by atoms with Gasteiger partial charge in [0, 0.05) is 50.2 Å². The summed E-state index contributed by atoms with van der Waals surface area (Å²) in [5.74, 6) is 2.99. The number of aliphatic imine (C=N–C) groups is 1. The molecule has 0 bridgehead atoms. The number of likely N-dealkylation sites (tertiary alicyclic amines) is 1. The smallest absolute Gasteiger partial charge is 0.338 e. The normalized spacial score (nSPS) is 22.1. The monoisotopic (exact) mass is 509 g/mol. The number of hydrogen-bond donors (Lipinski definition) is 5. The van der Waals surface area contributed by atoms with Crippen molar-refractivity contribution in [3.05, 3.63) is 30.1 Å². The predicted octanol–water partition coefficient (Wildman–Crippen LogP) is 1.59. The van der Waals surface area contributed by atoms with Crippen LogP contribution in [-0.2, 0) is 4.79 Å². The van der Waals surface area contributed by atoms with Gasteiger partial charge in [-0.05, 0) is 13.1 Å². The van der Waals surface area contributed by atoms with Crippen molar-refractivity contribution in [2.24, 2.45) is 16.6 Å². The molecule has 1 amide bonds. The fourth-order valence-corrected chi connectivity index (χ4v) is 4.57. The maximum atomic E-state index is 12.7. The number of carbonyl (C=O) groups excluding carboxylic acids is 1. The van der Waals surface area contributed by atoms with E-state index in [1.165, 1.54) is 12.3 Å². The van der Waals surface area contributed by atoms with Gasteiger partial charge < -0.3 is 32.8 Å². The van der Waals surface area contributed by atoms with E-state index in [4.69, 9.17) is 29.0 Å². The lowest BCUT2D eigenvalue weighted by Gasteiger charge is -2.43. The number of amides is 1. The van der Waals surface area contributed by atoms with Crippen LogP contribution in [0.1, 0.15) is 38.7 Å². The molecule has 200 valence electrons. The molecule has 0 saturated carbocycles. The predicted molar refractivity (Wildman–Crippen MR) is 151 cm³/mol. The summed E-state index contributed by atoms with van der Waals surface area (Å²) in [5.41, 5.74) is 19.0. The number of carbonyl (C=O) groups is 1. The number of piperidine rings is 1. The van der Waals surface area contributed by atoms with Crippen molar-refractivity contribution in [2.75, 3.05) is 56.6 Å². The summed E-state index contributed by atoms with van der Waals surface area (Å²) < 4.78 is 0.128. The van der Waals surface area contributed by atoms with Gasteiger partial charge in [-0.1, -0.05) is 20.4 Å². The van der Waals surface area contributed by atoms with E-state index in [2.05, 4.69) is 51.5 Å². The van der Waals surface area contributed by atoms with Gasteiger partial charge in [0.05, 0.1) is 37.1 Å². The summed E-state index contributed by atoms with van der Waals surface area (Å²) in [6.45, 7) is 11.8. The number of nitrogens with one attached hydrogen (secondary N) is 2. The molecule has 1 fully saturated rings. The lowest BCUT2D eigenvalue weighted by atomic mass is 9.85. The first-order chi connectivity index (χ1) is 17.6. The second-order valence-electron chi connectivity index (χ2n) is 9.26. The third-order valence-electron chi connectivity index (χ3n) is 7.03. The Bertz CT molecular complexity index is 1060. The average molecular weight is 510 g/mol. The largest absolute Gasteiger partial charge is 0.403 e. The number of allylic oxidation sites excluding steroid dienone is 1. The van der Waals surface area contributed by atoms with Crippen LogP contribution in [0.3, 0.4) is 0 Å². The zero-order valence-electron chi connectivity index (χ0n) is 22.2. The maximum absolute atomic E-state index is 12.7. The molecule has 1 aliphatic rings. The van der Waals surface area contributed by atoms with E-state index < -0.39 is 0 Å². The molecule has 11 nitrogen and oxygen atoms in total. The molecule has 1 aromatic rings. The number of quaternary nitrogens is 1. The molecule has 2 rings (SSSR count). The summed E-state index contributed by atoms with van der Waals surface area (Å²) in [6.07, 6.45) is 11.5. The summed E-state index contributed by atoms with van der Waals surface area (Å²) in [4.78, 5) is 27.9. The Balaban J connectivity index is 2.17. The molecular formula is C26H41N10O+. The minimum absolute atomic E-state index is 0.0364. The van der Waals surface area contributed by atoms with Crippen LogP contribution in [0.4, 0.5) is 17.6 Å². The summed E-state index contributed by atoms with van der Waals surface area (Å²) in [6, 6.07) is -0.219. The molecule has 3 unspecified atom stereocenters. The van der Waals surface area contributed by atoms with E-state index in [0.717, 1.165) is 26.1 Å². The zero-order valence-corrected chi connectivity index (χ0v) is 22.2. The highest BCUT2D eigenvalue weighted by Crippen LogP contribution is 2.32. The van der Waals surface area contributed by atoms with Crippen LogP contribution in [0, 0.1) is 23.7 Å². The molecule has 0 aromatic carbocycles. The van der Waals surface area contributed by atoms with Gasteiger partial charge >= 0.3 is 5.91 Å². The van der Waals surface area contributed by atoms with E-state index in [1.54, 1.807) is 6.21 Å². The van der Waals surface area contributed by atoms with Crippen LogP contribution in [-0.4, -0.2) is 83.0 Å². The van der Waals surface area contributed by atoms with Crippen LogP contribution in [0.25, 0.3) is 0 Å². The van der Waals surface area contributed by atoms with Gasteiger partial charge in [0.25, 0.3) is 0 Å². The maximum Gasteiger partial charge on any atom is 0.338 e. The number of nitrogens with two attached hydrogens (primary N) is 3. The van der Waals surface area contributed by atoms with Crippen molar-refractivity contribution in [1.29, 1.82) is 5.41 Å². The second kappa shape index (κ2) is 13.5. The summed E-state index contributed by atoms with van der Waals surface area (Å²) in [5, 5.41) is 11.7. The zero-order chi connectivity index (χ0) is 27.6. The molecule has 1 aliphatic heterocycles. The number of terminal acetylenes is 1. The number of nitrogens with zero attached hydrogens (tertiary/aromatic N) is 5. The minimum atomic E-state index is -0.219. The third kappa shape index (κ3) is 7.38. The number of anilines is 3. The molecule has 37 heavy (non-hydrogen) atoms. The van der Waals surface area contributed by atoms with Gasteiger partial charge in [0.2, 0.25) is 5.95 Å². The minimum Gasteiger partial charge on any atom is -0.403 e. The fraction of sp³-hybridized carbons (Fsp3) is 0.500. The fourth-order valence-electron chi connectivity index (χ4n) is 4.57. The van der Waals surface area contributed by atoms with Gasteiger partial charge in [-0.25, -0.2) is 4.79 Å². The Labute approximate surface area is 220 Å². The molecule has 8 N–H and O–H groups in total. The van der Waals surface area contributed by atoms with Crippen molar-refractivity contribution >= 4 is 35.4 Å². The highest BCUT2D eigenvalue weighted by atomic mass is 16.2. The van der Waals surface area contributed by atoms with Gasteiger partial charge in [0.1, 0.15) is 17.7 Å². The van der Waals surface area contributed by atoms with E-state index in [0.29, 0.717) is 25.2 Å². The summed E-state index contributed by atoms with van der Waals surface area (Å²) in [7, 11) is 1.86. The van der Waals surface area contributed by atoms with Gasteiger partial charge in [-0.15, -0.1) is 12.3 Å². The number of rotatable bonds is 12. The Kier molecular flexibility index (Phi) is 10.8. The average Bonchev–Trinajstić information content (AvgIpc) is 2.88. The highest BCUT2D eigenvalue weighted by Gasteiger charge is 2.44. The lowest BCUT2D eigenvalue weighted by Crippen LogP contribution is -2.60. The Morgan fingerprint density at radius 2 is 2.00 bits per heavy atom. The molecule has 0 aliphatic carbocycles. The SMILES string of the molecule is C#CC1CC[N+](C)(C(=O)C=C)C(CC(=N)c2c(N)nc(NC(C=NCCN(CC)CC)=CN)nc2N)C1. The molecule has 2 heterocycles. The first-order valence-corrected chi connectivity index (χ1v) is 12.5. The lowest BCUT2D eigenvalue weighted by molar-refractivity contribution is -0.864. The highest BCUT2D eigenvalue weighted by molar-refractivity contribution is 6.06. The Morgan fingerprint density at radius 1 is 1.35 bits per heavy atom. The molecule has 1 aromatic heterocycles. The van der Waals surface area contributed by atoms with E-state index in [9.17, 15) is 4.79 Å². The van der Waals surface area contributed by atoms with Crippen LogP contribution < -0.4 is 22.5 Å². The van der Waals surface area contributed by atoms with Crippen molar-refractivity contribution in [3.8, 4) is 12.3 Å². The molecular weight excluding hydrogens is 468 g/mol. The topological polar surface area (TPSA) is 172 Å². The number of hydrogen-bond acceptors (Lipinski definition) is 10. The van der Waals surface area contributed by atoms with Crippen molar-refractivity contribution < 1.29 is 9.28 Å². The number of likely N-dealkylation sites (N-methyl/N-ethyl adjacent to an activating group) is 2. The molecule has 0 radical (unpaired) electrons. The van der Waals surface area contributed by atoms with Crippen molar-refractivity contribution in [3.63, 3.8) is 0 Å². The van der Waals surface area contributed by atoms with Crippen molar-refractivity contribution in [1.82, 2.24) is 14.9 Å². The van der Waals surface area contributed by atoms with Gasteiger partial charge in [-0.2, -0.15) is 9.97 Å². The molecule has 11 heteroatoms. The van der Waals surface area contributed by atoms with Crippen LogP contribution in [0.5, 0.6) is 0 Å². The molecule has 0 spiro atoms. The van der Waals surface area contributed by atoms with E-state index in [1.807, 2.05) is 7.05 Å². The van der Waals surface area contributed by atoms with Crippen molar-refractivity contribution in [2.45, 2.75) is 39.2 Å². The van der Waals surface area contributed by atoms with Crippen LogP contribution >= 0.6 is 0 Å². The Morgan fingerprint density at radius 3 is 2.54 bits per heavy atom. The molecule has 3 atom stereocenters. The van der Waals surface area contributed by atoms with Gasteiger partial charge in [0.15, 0.2) is 0 Å². The van der Waals surface area contributed by atoms with E-state index >= 15 is 0 Å². The molecule has 1 saturated heterocycles. The summed E-state index contributed by atoms with van der Waals surface area (Å²) >= 11 is 0. The standard InChI is InChI=1S/C26H41N10O/c1-6-18-10-13-36(5,22(37)7-2)20(14-18)15-21(28)23-24(29)33-26(34-25(23)30)32-19(16-27)17-31-11-12-35(8-3)9-4/h1,7,16-18,20,28H,2,8-15,27H2,3-5H3,(H5,29,30,32,33,34)/q+1. The van der Waals surface area contributed by atoms with Crippen LogP contribution in [0.2, 0.25) is 0 Å². The second-order valence-corrected chi connectivity index (χ2v) is 9.26. The van der Waals surface area contributed by atoms with Crippen LogP contribution in [0.15, 0.2) is 29.5 Å².